The van der Waals surface area contributed by atoms with Crippen molar-refractivity contribution in [3.05, 3.63) is 60.2 Å². The van der Waals surface area contributed by atoms with E-state index in [0.717, 1.165) is 22.9 Å². The average molecular weight is 704 g/mol. The van der Waals surface area contributed by atoms with E-state index in [1.807, 2.05) is 30.3 Å². The van der Waals surface area contributed by atoms with Gasteiger partial charge in [-0.25, -0.2) is 13.2 Å². The van der Waals surface area contributed by atoms with Crippen molar-refractivity contribution < 1.29 is 51.6 Å². The smallest absolute Gasteiger partial charge is 0.407 e. The Balaban J connectivity index is 1.17. The molecule has 14 nitrogen and oxygen atoms in total. The maximum atomic E-state index is 14.1. The van der Waals surface area contributed by atoms with Crippen molar-refractivity contribution in [1.82, 2.24) is 14.7 Å². The number of alkyl carbamates (subject to hydrolysis) is 1. The van der Waals surface area contributed by atoms with Crippen LogP contribution in [0.2, 0.25) is 0 Å². The summed E-state index contributed by atoms with van der Waals surface area (Å²) in [7, 11) is -4.34. The summed E-state index contributed by atoms with van der Waals surface area (Å²) in [5, 5.41) is 14.4. The number of hydrogen-bond acceptors (Lipinski definition) is 11. The summed E-state index contributed by atoms with van der Waals surface area (Å²) in [5.74, 6) is -0.0969. The predicted molar refractivity (Wildman–Crippen MR) is 174 cm³/mol. The molecular formula is C34H45N3O11S. The van der Waals surface area contributed by atoms with E-state index < -0.39 is 47.2 Å². The molecule has 0 radical (unpaired) electrons. The molecule has 6 rings (SSSR count). The fourth-order valence-corrected chi connectivity index (χ4v) is 7.89. The predicted octanol–water partition coefficient (Wildman–Crippen LogP) is 2.25. The van der Waals surface area contributed by atoms with E-state index in [-0.39, 0.29) is 48.2 Å². The highest BCUT2D eigenvalue weighted by molar-refractivity contribution is 7.89. The third-order valence-corrected chi connectivity index (χ3v) is 10.9. The number of nitrogens with one attached hydrogen (secondary N) is 1. The summed E-state index contributed by atoms with van der Waals surface area (Å²) in [4.78, 5) is 33.4. The van der Waals surface area contributed by atoms with E-state index in [1.165, 1.54) is 18.2 Å². The first-order valence-corrected chi connectivity index (χ1v) is 18.4. The molecule has 268 valence electrons. The molecule has 3 heterocycles. The van der Waals surface area contributed by atoms with Crippen molar-refractivity contribution in [3.63, 3.8) is 0 Å². The Morgan fingerprint density at radius 3 is 2.55 bits per heavy atom. The fourth-order valence-electron chi connectivity index (χ4n) is 6.55. The van der Waals surface area contributed by atoms with Crippen LogP contribution in [-0.4, -0.2) is 118 Å². The van der Waals surface area contributed by atoms with Gasteiger partial charge in [0.15, 0.2) is 12.9 Å². The quantitative estimate of drug-likeness (QED) is 0.278. The van der Waals surface area contributed by atoms with E-state index in [9.17, 15) is 23.1 Å². The number of rotatable bonds is 14. The molecule has 2 N–H and O–H groups in total. The second-order valence-electron chi connectivity index (χ2n) is 12.7. The number of aliphatic hydroxyl groups excluding tert-OH is 1. The minimum atomic E-state index is -4.34. The van der Waals surface area contributed by atoms with Gasteiger partial charge in [0.2, 0.25) is 0 Å². The first kappa shape index (κ1) is 35.5. The molecule has 3 aliphatic heterocycles. The monoisotopic (exact) mass is 703 g/mol. The number of morpholine rings is 1. The molecular weight excluding hydrogens is 658 g/mol. The molecule has 49 heavy (non-hydrogen) atoms. The molecule has 4 fully saturated rings. The number of benzene rings is 2. The zero-order valence-corrected chi connectivity index (χ0v) is 28.2. The summed E-state index contributed by atoms with van der Waals surface area (Å²) in [6.45, 7) is 1.86. The van der Waals surface area contributed by atoms with Crippen molar-refractivity contribution in [2.24, 2.45) is 5.92 Å². The molecule has 1 aliphatic carbocycles. The second-order valence-corrected chi connectivity index (χ2v) is 14.6. The number of amides is 2. The number of fused-ring (bicyclic) bond motifs is 1. The number of carbonyl (C=O) groups is 2. The molecule has 1 unspecified atom stereocenters. The second kappa shape index (κ2) is 16.6. The number of hydroxylamine groups is 1. The minimum Gasteiger partial charge on any atom is -0.484 e. The third kappa shape index (κ3) is 9.28. The highest BCUT2D eigenvalue weighted by atomic mass is 32.2. The highest BCUT2D eigenvalue weighted by Gasteiger charge is 2.44. The first-order valence-electron chi connectivity index (χ1n) is 17.0. The Hall–Kier alpha value is -3.31. The Morgan fingerprint density at radius 1 is 1.00 bits per heavy atom. The summed E-state index contributed by atoms with van der Waals surface area (Å²) < 4.78 is 56.9. The van der Waals surface area contributed by atoms with Gasteiger partial charge in [0, 0.05) is 19.2 Å². The van der Waals surface area contributed by atoms with Crippen molar-refractivity contribution in [3.8, 4) is 5.75 Å². The van der Waals surface area contributed by atoms with E-state index in [2.05, 4.69) is 5.32 Å². The van der Waals surface area contributed by atoms with Crippen LogP contribution in [0.4, 0.5) is 4.79 Å². The third-order valence-electron chi connectivity index (χ3n) is 9.31. The number of ether oxygens (including phenoxy) is 5. The average Bonchev–Trinajstić information content (AvgIpc) is 3.89. The van der Waals surface area contributed by atoms with Gasteiger partial charge in [-0.15, -0.1) is 0 Å². The summed E-state index contributed by atoms with van der Waals surface area (Å²) >= 11 is 0. The van der Waals surface area contributed by atoms with Gasteiger partial charge < -0.3 is 39.0 Å². The van der Waals surface area contributed by atoms with Crippen molar-refractivity contribution in [2.75, 3.05) is 52.7 Å². The zero-order valence-electron chi connectivity index (χ0n) is 27.4. The number of aliphatic hydroxyl groups is 1. The van der Waals surface area contributed by atoms with Crippen molar-refractivity contribution in [2.45, 2.75) is 74.1 Å². The summed E-state index contributed by atoms with van der Waals surface area (Å²) in [6.07, 6.45) is 0.637. The van der Waals surface area contributed by atoms with E-state index in [0.29, 0.717) is 52.2 Å². The van der Waals surface area contributed by atoms with Crippen LogP contribution in [-0.2, 0) is 45.0 Å². The van der Waals surface area contributed by atoms with Gasteiger partial charge in [0.05, 0.1) is 62.0 Å². The normalized spacial score (nSPS) is 24.0. The molecule has 1 saturated carbocycles. The molecule has 15 heteroatoms. The Morgan fingerprint density at radius 2 is 1.78 bits per heavy atom. The largest absolute Gasteiger partial charge is 0.484 e. The van der Waals surface area contributed by atoms with Gasteiger partial charge >= 0.3 is 6.09 Å². The van der Waals surface area contributed by atoms with Gasteiger partial charge in [0.25, 0.3) is 15.9 Å². The van der Waals surface area contributed by atoms with Crippen LogP contribution in [0.1, 0.15) is 37.7 Å². The van der Waals surface area contributed by atoms with Crippen LogP contribution in [0.3, 0.4) is 0 Å². The zero-order chi connectivity index (χ0) is 34.2. The topological polar surface area (TPSA) is 162 Å². The van der Waals surface area contributed by atoms with Gasteiger partial charge in [-0.1, -0.05) is 53.7 Å². The lowest BCUT2D eigenvalue weighted by Gasteiger charge is -2.31. The number of carbonyl (C=O) groups excluding carboxylic acids is 2. The van der Waals surface area contributed by atoms with Crippen LogP contribution in [0.15, 0.2) is 59.5 Å². The minimum absolute atomic E-state index is 0.0686. The maximum absolute atomic E-state index is 14.1. The van der Waals surface area contributed by atoms with Gasteiger partial charge in [-0.2, -0.15) is 0 Å². The van der Waals surface area contributed by atoms with Crippen LogP contribution < -0.4 is 10.1 Å². The number of nitrogens with zero attached hydrogens (tertiary/aromatic N) is 2. The molecule has 0 aromatic heterocycles. The lowest BCUT2D eigenvalue weighted by atomic mass is 10.0. The number of sulfonamides is 1. The lowest BCUT2D eigenvalue weighted by Crippen LogP contribution is -2.51. The Labute approximate surface area is 286 Å². The van der Waals surface area contributed by atoms with E-state index in [4.69, 9.17) is 28.5 Å². The number of hydrogen-bond donors (Lipinski definition) is 2. The summed E-state index contributed by atoms with van der Waals surface area (Å²) in [5.41, 5.74) is 0.822. The lowest BCUT2D eigenvalue weighted by molar-refractivity contribution is -0.145. The molecule has 5 atom stereocenters. The van der Waals surface area contributed by atoms with Crippen LogP contribution >= 0.6 is 0 Å². The van der Waals surface area contributed by atoms with Gasteiger partial charge in [-0.05, 0) is 43.4 Å². The standard InChI is InChI=1S/C34H45N3O11S/c38-30(29(19-24-7-2-1-3-8-24)35-34(40)47-31-22-46-33-28(31)13-16-44-33)21-37(48-25-9-4-5-10-25)49(41,42)27-12-6-11-26(20-27)45-23-32(39)36-14-17-43-18-15-36/h1-3,6-8,11-12,20,25,28-31,33,38H,4-5,9-10,13-19,21-23H2,(H,35,40)/t28-,29-,30+,31?,33+/m0/s1. The van der Waals surface area contributed by atoms with Gasteiger partial charge in [-0.3, -0.25) is 9.63 Å². The molecule has 0 spiro atoms. The molecule has 0 bridgehead atoms. The molecule has 3 saturated heterocycles. The van der Waals surface area contributed by atoms with Crippen LogP contribution in [0, 0.1) is 5.92 Å². The Kier molecular flexibility index (Phi) is 12.0. The maximum Gasteiger partial charge on any atom is 0.407 e. The Bertz CT molecular complexity index is 1500. The van der Waals surface area contributed by atoms with Crippen LogP contribution in [0.25, 0.3) is 0 Å². The molecule has 4 aliphatic rings. The molecule has 2 amide bonds. The fraction of sp³-hybridized carbons (Fsp3) is 0.588. The van der Waals surface area contributed by atoms with E-state index in [1.54, 1.807) is 11.0 Å². The van der Waals surface area contributed by atoms with Gasteiger partial charge in [0.1, 0.15) is 11.9 Å². The first-order chi connectivity index (χ1) is 23.8. The summed E-state index contributed by atoms with van der Waals surface area (Å²) in [6, 6.07) is 14.2. The molecule has 2 aromatic rings. The van der Waals surface area contributed by atoms with E-state index >= 15 is 0 Å². The molecule has 2 aromatic carbocycles. The van der Waals surface area contributed by atoms with Crippen molar-refractivity contribution in [1.29, 1.82) is 0 Å². The van der Waals surface area contributed by atoms with Crippen LogP contribution in [0.5, 0.6) is 5.75 Å². The SMILES string of the molecule is O=C(N[C@@H](Cc1ccccc1)[C@H](O)CN(OC1CCCC1)S(=O)(=O)c1cccc(OCC(=O)N2CCOCC2)c1)OC1CO[C@H]2OCC[C@@H]12. The van der Waals surface area contributed by atoms with Crippen molar-refractivity contribution >= 4 is 22.0 Å². The highest BCUT2D eigenvalue weighted by Crippen LogP contribution is 2.33.